The van der Waals surface area contributed by atoms with Crippen LogP contribution in [0.4, 0.5) is 4.79 Å². The summed E-state index contributed by atoms with van der Waals surface area (Å²) in [5.41, 5.74) is 0. The molecule has 0 bridgehead atoms. The molecule has 1 fully saturated rings. The molecule has 0 unspecified atom stereocenters. The highest BCUT2D eigenvalue weighted by Crippen LogP contribution is 2.20. The number of amides is 1. The van der Waals surface area contributed by atoms with Crippen LogP contribution in [0.25, 0.3) is 0 Å². The van der Waals surface area contributed by atoms with Crippen molar-refractivity contribution in [2.45, 2.75) is 18.9 Å². The molecule has 2 rings (SSSR count). The summed E-state index contributed by atoms with van der Waals surface area (Å²) in [6.07, 6.45) is 0.819. The molecule has 0 spiro atoms. The van der Waals surface area contributed by atoms with Gasteiger partial charge in [-0.05, 0) is 46.9 Å². The Bertz CT molecular complexity index is 385. The van der Waals surface area contributed by atoms with Gasteiger partial charge in [-0.25, -0.2) is 4.79 Å². The summed E-state index contributed by atoms with van der Waals surface area (Å²) in [5.74, 6) is 0.860. The van der Waals surface area contributed by atoms with Crippen LogP contribution in [0.1, 0.15) is 12.8 Å². The Morgan fingerprint density at radius 2 is 1.88 bits per heavy atom. The van der Waals surface area contributed by atoms with Crippen molar-refractivity contribution in [3.63, 3.8) is 0 Å². The predicted molar refractivity (Wildman–Crippen MR) is 72.4 cm³/mol. The number of rotatable bonds is 2. The van der Waals surface area contributed by atoms with Crippen molar-refractivity contribution < 1.29 is 14.6 Å². The monoisotopic (exact) mass is 347 g/mol. The quantitative estimate of drug-likeness (QED) is 0.837. The van der Waals surface area contributed by atoms with Gasteiger partial charge in [0, 0.05) is 29.5 Å². The number of carbonyl (C=O) groups is 1. The Morgan fingerprint density at radius 3 is 2.41 bits per heavy atom. The molecule has 0 aliphatic carbocycles. The lowest BCUT2D eigenvalue weighted by Gasteiger charge is -2.30. The molecule has 17 heavy (non-hydrogen) atoms. The zero-order chi connectivity index (χ0) is 12.3. The minimum atomic E-state index is -0.835. The molecule has 0 atom stereocenters. The summed E-state index contributed by atoms with van der Waals surface area (Å²) in [6, 6.07) is 7.90. The van der Waals surface area contributed by atoms with E-state index in [1.165, 1.54) is 8.47 Å². The van der Waals surface area contributed by atoms with Crippen LogP contribution in [-0.2, 0) is 0 Å². The number of hydrogen-bond acceptors (Lipinski definition) is 2. The second kappa shape index (κ2) is 5.57. The number of benzene rings is 1. The number of halogens is 1. The fourth-order valence-electron chi connectivity index (χ4n) is 1.87. The van der Waals surface area contributed by atoms with E-state index in [1.54, 1.807) is 0 Å². The maximum atomic E-state index is 10.7. The van der Waals surface area contributed by atoms with E-state index in [-0.39, 0.29) is 6.10 Å². The van der Waals surface area contributed by atoms with Crippen LogP contribution in [0.2, 0.25) is 0 Å². The largest absolute Gasteiger partial charge is 0.490 e. The van der Waals surface area contributed by atoms with E-state index in [0.717, 1.165) is 18.6 Å². The topological polar surface area (TPSA) is 49.8 Å². The van der Waals surface area contributed by atoms with Crippen LogP contribution < -0.4 is 4.74 Å². The van der Waals surface area contributed by atoms with E-state index in [1.807, 2.05) is 24.3 Å². The van der Waals surface area contributed by atoms with Crippen molar-refractivity contribution >= 4 is 28.7 Å². The van der Waals surface area contributed by atoms with Gasteiger partial charge in [-0.3, -0.25) is 0 Å². The Balaban J connectivity index is 1.85. The SMILES string of the molecule is O=C(O)N1CCC(Oc2ccc(I)cc2)CC1. The van der Waals surface area contributed by atoms with Crippen LogP contribution in [0.15, 0.2) is 24.3 Å². The summed E-state index contributed by atoms with van der Waals surface area (Å²) < 4.78 is 6.99. The average Bonchev–Trinajstić information content (AvgIpc) is 2.33. The lowest BCUT2D eigenvalue weighted by Crippen LogP contribution is -2.41. The molecular weight excluding hydrogens is 333 g/mol. The van der Waals surface area contributed by atoms with Crippen LogP contribution >= 0.6 is 22.6 Å². The Labute approximate surface area is 114 Å². The molecule has 1 saturated heterocycles. The first-order valence-corrected chi connectivity index (χ1v) is 6.63. The third-order valence-corrected chi connectivity index (χ3v) is 3.55. The van der Waals surface area contributed by atoms with E-state index in [0.29, 0.717) is 13.1 Å². The number of likely N-dealkylation sites (tertiary alicyclic amines) is 1. The standard InChI is InChI=1S/C12H14INO3/c13-9-1-3-10(4-2-9)17-11-5-7-14(8-6-11)12(15)16/h1-4,11H,5-8H2,(H,15,16). The van der Waals surface area contributed by atoms with Crippen molar-refractivity contribution in [2.75, 3.05) is 13.1 Å². The third kappa shape index (κ3) is 3.49. The van der Waals surface area contributed by atoms with Crippen molar-refractivity contribution in [2.24, 2.45) is 0 Å². The van der Waals surface area contributed by atoms with E-state index < -0.39 is 6.09 Å². The van der Waals surface area contributed by atoms with E-state index in [9.17, 15) is 4.79 Å². The molecule has 1 aliphatic heterocycles. The van der Waals surface area contributed by atoms with Gasteiger partial charge in [-0.15, -0.1) is 0 Å². The average molecular weight is 347 g/mol. The molecule has 0 radical (unpaired) electrons. The fraction of sp³-hybridized carbons (Fsp3) is 0.417. The highest BCUT2D eigenvalue weighted by molar-refractivity contribution is 14.1. The number of carboxylic acid groups (broad SMARTS) is 1. The summed E-state index contributed by atoms with van der Waals surface area (Å²) in [4.78, 5) is 12.2. The van der Waals surface area contributed by atoms with Gasteiger partial charge < -0.3 is 14.7 Å². The fourth-order valence-corrected chi connectivity index (χ4v) is 2.23. The molecule has 1 amide bonds. The van der Waals surface area contributed by atoms with Gasteiger partial charge in [-0.1, -0.05) is 0 Å². The molecular formula is C12H14INO3. The zero-order valence-electron chi connectivity index (χ0n) is 9.30. The van der Waals surface area contributed by atoms with Gasteiger partial charge in [-0.2, -0.15) is 0 Å². The van der Waals surface area contributed by atoms with Crippen LogP contribution in [0, 0.1) is 3.57 Å². The second-order valence-corrected chi connectivity index (χ2v) is 5.29. The summed E-state index contributed by atoms with van der Waals surface area (Å²) >= 11 is 2.25. The first-order chi connectivity index (χ1) is 8.15. The number of ether oxygens (including phenoxy) is 1. The van der Waals surface area contributed by atoms with E-state index in [2.05, 4.69) is 22.6 Å². The number of piperidine rings is 1. The summed E-state index contributed by atoms with van der Waals surface area (Å²) in [6.45, 7) is 1.12. The number of hydrogen-bond donors (Lipinski definition) is 1. The molecule has 1 aliphatic rings. The zero-order valence-corrected chi connectivity index (χ0v) is 11.5. The van der Waals surface area contributed by atoms with Crippen LogP contribution in [-0.4, -0.2) is 35.3 Å². The first kappa shape index (κ1) is 12.5. The maximum Gasteiger partial charge on any atom is 0.407 e. The molecule has 1 N–H and O–H groups in total. The van der Waals surface area contributed by atoms with Gasteiger partial charge >= 0.3 is 6.09 Å². The van der Waals surface area contributed by atoms with Gasteiger partial charge in [0.05, 0.1) is 0 Å². The Morgan fingerprint density at radius 1 is 1.29 bits per heavy atom. The molecule has 1 aromatic carbocycles. The second-order valence-electron chi connectivity index (χ2n) is 4.04. The van der Waals surface area contributed by atoms with Crippen molar-refractivity contribution in [1.82, 2.24) is 4.90 Å². The minimum Gasteiger partial charge on any atom is -0.490 e. The predicted octanol–water partition coefficient (Wildman–Crippen LogP) is 2.81. The van der Waals surface area contributed by atoms with Crippen molar-refractivity contribution in [3.05, 3.63) is 27.8 Å². The van der Waals surface area contributed by atoms with Crippen molar-refractivity contribution in [1.29, 1.82) is 0 Å². The third-order valence-electron chi connectivity index (χ3n) is 2.83. The molecule has 4 nitrogen and oxygen atoms in total. The van der Waals surface area contributed by atoms with E-state index >= 15 is 0 Å². The lowest BCUT2D eigenvalue weighted by atomic mass is 10.1. The van der Waals surface area contributed by atoms with E-state index in [4.69, 9.17) is 9.84 Å². The molecule has 0 aromatic heterocycles. The van der Waals surface area contributed by atoms with Crippen molar-refractivity contribution in [3.8, 4) is 5.75 Å². The van der Waals surface area contributed by atoms with Gasteiger partial charge in [0.25, 0.3) is 0 Å². The number of nitrogens with zero attached hydrogens (tertiary/aromatic N) is 1. The first-order valence-electron chi connectivity index (χ1n) is 5.55. The van der Waals surface area contributed by atoms with Gasteiger partial charge in [0.1, 0.15) is 11.9 Å². The summed E-state index contributed by atoms with van der Waals surface area (Å²) in [5, 5.41) is 8.83. The molecule has 92 valence electrons. The smallest absolute Gasteiger partial charge is 0.407 e. The van der Waals surface area contributed by atoms with Crippen LogP contribution in [0.3, 0.4) is 0 Å². The highest BCUT2D eigenvalue weighted by Gasteiger charge is 2.23. The molecule has 1 aromatic rings. The van der Waals surface area contributed by atoms with Gasteiger partial charge in [0.15, 0.2) is 0 Å². The molecule has 1 heterocycles. The molecule has 0 saturated carbocycles. The van der Waals surface area contributed by atoms with Crippen LogP contribution in [0.5, 0.6) is 5.75 Å². The maximum absolute atomic E-state index is 10.7. The highest BCUT2D eigenvalue weighted by atomic mass is 127. The lowest BCUT2D eigenvalue weighted by molar-refractivity contribution is 0.0895. The Hall–Kier alpha value is -0.980. The Kier molecular flexibility index (Phi) is 4.09. The normalized spacial score (nSPS) is 16.9. The minimum absolute atomic E-state index is 0.130. The molecule has 5 heteroatoms. The summed E-state index contributed by atoms with van der Waals surface area (Å²) in [7, 11) is 0. The van der Waals surface area contributed by atoms with Gasteiger partial charge in [0.2, 0.25) is 0 Å².